The van der Waals surface area contributed by atoms with Crippen molar-refractivity contribution in [2.24, 2.45) is 5.73 Å². The van der Waals surface area contributed by atoms with Crippen LogP contribution < -0.4 is 16.2 Å². The molecule has 8 heteroatoms. The van der Waals surface area contributed by atoms with E-state index in [2.05, 4.69) is 0 Å². The van der Waals surface area contributed by atoms with Crippen molar-refractivity contribution < 1.29 is 17.9 Å². The Morgan fingerprint density at radius 3 is 2.57 bits per heavy atom. The monoisotopic (exact) mass is 315 g/mol. The van der Waals surface area contributed by atoms with E-state index in [1.807, 2.05) is 6.92 Å². The molecule has 118 valence electrons. The number of nitrogens with two attached hydrogens (primary N) is 2. The molecule has 0 aliphatic heterocycles. The normalized spacial score (nSPS) is 11.6. The number of amides is 1. The number of hydrogen-bond donors (Lipinski definition) is 2. The van der Waals surface area contributed by atoms with Crippen LogP contribution in [0.4, 0.5) is 5.69 Å². The number of carbonyl (C=O) groups excluding carboxylic acids is 1. The Morgan fingerprint density at radius 1 is 1.38 bits per heavy atom. The summed E-state index contributed by atoms with van der Waals surface area (Å²) in [5, 5.41) is 0. The second kappa shape index (κ2) is 7.28. The molecule has 0 fully saturated rings. The van der Waals surface area contributed by atoms with Crippen molar-refractivity contribution in [3.63, 3.8) is 0 Å². The van der Waals surface area contributed by atoms with Crippen molar-refractivity contribution in [1.82, 2.24) is 4.31 Å². The quantitative estimate of drug-likeness (QED) is 0.680. The predicted octanol–water partition coefficient (Wildman–Crippen LogP) is 0.554. The molecule has 1 amide bonds. The maximum atomic E-state index is 12.7. The van der Waals surface area contributed by atoms with Gasteiger partial charge in [-0.3, -0.25) is 4.79 Å². The lowest BCUT2D eigenvalue weighted by atomic mass is 10.3. The third-order valence-electron chi connectivity index (χ3n) is 2.90. The summed E-state index contributed by atoms with van der Waals surface area (Å²) in [6, 6.07) is 4.26. The van der Waals surface area contributed by atoms with Crippen LogP contribution in [0.2, 0.25) is 0 Å². The van der Waals surface area contributed by atoms with Gasteiger partial charge in [0.1, 0.15) is 10.6 Å². The van der Waals surface area contributed by atoms with Crippen LogP contribution >= 0.6 is 0 Å². The van der Waals surface area contributed by atoms with Crippen molar-refractivity contribution in [3.8, 4) is 5.75 Å². The summed E-state index contributed by atoms with van der Waals surface area (Å²) in [4.78, 5) is 11.1. The van der Waals surface area contributed by atoms with Crippen LogP contribution in [0, 0.1) is 0 Å². The molecule has 0 radical (unpaired) electrons. The Balaban J connectivity index is 3.24. The van der Waals surface area contributed by atoms with Gasteiger partial charge in [0.05, 0.1) is 13.7 Å². The summed E-state index contributed by atoms with van der Waals surface area (Å²) >= 11 is 0. The van der Waals surface area contributed by atoms with Crippen molar-refractivity contribution in [3.05, 3.63) is 18.2 Å². The first-order valence-corrected chi connectivity index (χ1v) is 7.99. The van der Waals surface area contributed by atoms with Gasteiger partial charge in [0, 0.05) is 18.3 Å². The molecule has 0 spiro atoms. The lowest BCUT2D eigenvalue weighted by Gasteiger charge is -2.21. The van der Waals surface area contributed by atoms with Crippen LogP contribution in [0.5, 0.6) is 5.75 Å². The molecular formula is C13H21N3O4S. The maximum Gasteiger partial charge on any atom is 0.247 e. The van der Waals surface area contributed by atoms with Gasteiger partial charge in [-0.05, 0) is 18.6 Å². The van der Waals surface area contributed by atoms with Crippen molar-refractivity contribution >= 4 is 21.6 Å². The van der Waals surface area contributed by atoms with Crippen LogP contribution in [0.25, 0.3) is 0 Å². The van der Waals surface area contributed by atoms with Gasteiger partial charge in [-0.2, -0.15) is 4.31 Å². The van der Waals surface area contributed by atoms with E-state index in [1.165, 1.54) is 25.3 Å². The van der Waals surface area contributed by atoms with Gasteiger partial charge < -0.3 is 16.2 Å². The zero-order chi connectivity index (χ0) is 16.0. The minimum absolute atomic E-state index is 0.0310. The van der Waals surface area contributed by atoms with Crippen LogP contribution in [-0.2, 0) is 14.8 Å². The number of primary amides is 1. The number of anilines is 1. The molecule has 4 N–H and O–H groups in total. The molecule has 0 saturated carbocycles. The van der Waals surface area contributed by atoms with Crippen LogP contribution in [0.15, 0.2) is 23.1 Å². The number of benzene rings is 1. The largest absolute Gasteiger partial charge is 0.495 e. The number of ether oxygens (including phenoxy) is 1. The fourth-order valence-electron chi connectivity index (χ4n) is 1.83. The van der Waals surface area contributed by atoms with E-state index in [0.717, 1.165) is 10.7 Å². The zero-order valence-corrected chi connectivity index (χ0v) is 13.0. The SMILES string of the molecule is CCCCN(CC(N)=O)S(=O)(=O)c1ccc(N)cc1OC. The maximum absolute atomic E-state index is 12.7. The zero-order valence-electron chi connectivity index (χ0n) is 12.2. The van der Waals surface area contributed by atoms with Gasteiger partial charge >= 0.3 is 0 Å². The van der Waals surface area contributed by atoms with Crippen molar-refractivity contribution in [2.45, 2.75) is 24.7 Å². The Kier molecular flexibility index (Phi) is 5.98. The molecule has 1 rings (SSSR count). The number of rotatable bonds is 8. The minimum atomic E-state index is -3.88. The average Bonchev–Trinajstić information content (AvgIpc) is 2.42. The molecular weight excluding hydrogens is 294 g/mol. The first-order chi connectivity index (χ1) is 9.82. The molecule has 0 atom stereocenters. The van der Waals surface area contributed by atoms with Crippen LogP contribution in [-0.4, -0.2) is 38.8 Å². The van der Waals surface area contributed by atoms with E-state index < -0.39 is 15.9 Å². The smallest absolute Gasteiger partial charge is 0.247 e. The molecule has 21 heavy (non-hydrogen) atoms. The standard InChI is InChI=1S/C13H21N3O4S/c1-3-4-7-16(9-13(15)17)21(18,19)12-6-5-10(14)8-11(12)20-2/h5-6,8H,3-4,7,9,14H2,1-2H3,(H2,15,17). The summed E-state index contributed by atoms with van der Waals surface area (Å²) in [5.41, 5.74) is 11.1. The van der Waals surface area contributed by atoms with Crippen LogP contribution in [0.3, 0.4) is 0 Å². The number of sulfonamides is 1. The fourth-order valence-corrected chi connectivity index (χ4v) is 3.41. The number of nitrogens with zero attached hydrogens (tertiary/aromatic N) is 1. The van der Waals surface area contributed by atoms with E-state index in [1.54, 1.807) is 0 Å². The van der Waals surface area contributed by atoms with Gasteiger partial charge in [0.25, 0.3) is 0 Å². The van der Waals surface area contributed by atoms with E-state index in [-0.39, 0.29) is 23.7 Å². The van der Waals surface area contributed by atoms with E-state index in [9.17, 15) is 13.2 Å². The first kappa shape index (κ1) is 17.3. The summed E-state index contributed by atoms with van der Waals surface area (Å²) in [6.45, 7) is 1.78. The summed E-state index contributed by atoms with van der Waals surface area (Å²) in [5.74, 6) is -0.565. The second-order valence-electron chi connectivity index (χ2n) is 4.57. The van der Waals surface area contributed by atoms with E-state index >= 15 is 0 Å². The van der Waals surface area contributed by atoms with Crippen LogP contribution in [0.1, 0.15) is 19.8 Å². The van der Waals surface area contributed by atoms with Gasteiger partial charge in [-0.1, -0.05) is 13.3 Å². The summed E-state index contributed by atoms with van der Waals surface area (Å²) in [7, 11) is -2.52. The van der Waals surface area contributed by atoms with Gasteiger partial charge in [-0.15, -0.1) is 0 Å². The molecule has 7 nitrogen and oxygen atoms in total. The molecule has 1 aromatic rings. The molecule has 0 aromatic heterocycles. The molecule has 0 unspecified atom stereocenters. The first-order valence-electron chi connectivity index (χ1n) is 6.55. The van der Waals surface area contributed by atoms with Crippen molar-refractivity contribution in [1.29, 1.82) is 0 Å². The number of unbranched alkanes of at least 4 members (excludes halogenated alkanes) is 1. The third kappa shape index (κ3) is 4.33. The lowest BCUT2D eigenvalue weighted by Crippen LogP contribution is -2.39. The van der Waals surface area contributed by atoms with E-state index in [0.29, 0.717) is 12.1 Å². The molecule has 1 aromatic carbocycles. The summed E-state index contributed by atoms with van der Waals surface area (Å²) < 4.78 is 31.5. The fraction of sp³-hybridized carbons (Fsp3) is 0.462. The third-order valence-corrected chi connectivity index (χ3v) is 4.78. The Bertz CT molecular complexity index is 601. The van der Waals surface area contributed by atoms with Crippen molar-refractivity contribution in [2.75, 3.05) is 25.9 Å². The number of methoxy groups -OCH3 is 1. The number of hydrogen-bond acceptors (Lipinski definition) is 5. The molecule has 0 aliphatic rings. The topological polar surface area (TPSA) is 116 Å². The Morgan fingerprint density at radius 2 is 2.05 bits per heavy atom. The number of nitrogen functional groups attached to an aromatic ring is 1. The Hall–Kier alpha value is -1.80. The highest BCUT2D eigenvalue weighted by Gasteiger charge is 2.28. The minimum Gasteiger partial charge on any atom is -0.495 e. The number of carbonyl (C=O) groups is 1. The van der Waals surface area contributed by atoms with Gasteiger partial charge in [0.2, 0.25) is 15.9 Å². The highest BCUT2D eigenvalue weighted by molar-refractivity contribution is 7.89. The highest BCUT2D eigenvalue weighted by Crippen LogP contribution is 2.28. The predicted molar refractivity (Wildman–Crippen MR) is 80.3 cm³/mol. The highest BCUT2D eigenvalue weighted by atomic mass is 32.2. The molecule has 0 bridgehead atoms. The molecule has 0 aliphatic carbocycles. The lowest BCUT2D eigenvalue weighted by molar-refractivity contribution is -0.118. The second-order valence-corrected chi connectivity index (χ2v) is 6.48. The molecule has 0 heterocycles. The Labute approximate surface area is 124 Å². The molecule has 0 saturated heterocycles. The summed E-state index contributed by atoms with van der Waals surface area (Å²) in [6.07, 6.45) is 1.42. The van der Waals surface area contributed by atoms with Gasteiger partial charge in [0.15, 0.2) is 0 Å². The van der Waals surface area contributed by atoms with Gasteiger partial charge in [-0.25, -0.2) is 8.42 Å². The van der Waals surface area contributed by atoms with E-state index in [4.69, 9.17) is 16.2 Å². The average molecular weight is 315 g/mol.